The van der Waals surface area contributed by atoms with Crippen LogP contribution in [0.5, 0.6) is 5.75 Å². The van der Waals surface area contributed by atoms with E-state index in [1.165, 1.54) is 11.4 Å². The van der Waals surface area contributed by atoms with Crippen LogP contribution >= 0.6 is 0 Å². The molecule has 1 aromatic rings. The van der Waals surface area contributed by atoms with Gasteiger partial charge in [0, 0.05) is 20.1 Å². The Morgan fingerprint density at radius 2 is 1.83 bits per heavy atom. The third kappa shape index (κ3) is 4.59. The van der Waals surface area contributed by atoms with Crippen LogP contribution in [0.15, 0.2) is 24.3 Å². The summed E-state index contributed by atoms with van der Waals surface area (Å²) in [6.45, 7) is 3.94. The van der Waals surface area contributed by atoms with Gasteiger partial charge in [-0.1, -0.05) is 0 Å². The fourth-order valence-electron chi connectivity index (χ4n) is 2.22. The van der Waals surface area contributed by atoms with Crippen LogP contribution in [0.1, 0.15) is 6.92 Å². The SMILES string of the molecule is CC(Oc1ccc(N(C)S(C)(=O)=O)cc1)C(=O)N1CCOCC1. The van der Waals surface area contributed by atoms with E-state index in [1.54, 1.807) is 36.1 Å². The van der Waals surface area contributed by atoms with E-state index in [4.69, 9.17) is 9.47 Å². The molecular formula is C15H22N2O5S. The van der Waals surface area contributed by atoms with Gasteiger partial charge in [0.25, 0.3) is 5.91 Å². The van der Waals surface area contributed by atoms with Crippen LogP contribution in [0, 0.1) is 0 Å². The van der Waals surface area contributed by atoms with Crippen LogP contribution in [0.2, 0.25) is 0 Å². The van der Waals surface area contributed by atoms with E-state index in [0.29, 0.717) is 37.7 Å². The van der Waals surface area contributed by atoms with Crippen LogP contribution in [-0.2, 0) is 19.6 Å². The predicted molar refractivity (Wildman–Crippen MR) is 87.2 cm³/mol. The Bertz CT molecular complexity index is 638. The summed E-state index contributed by atoms with van der Waals surface area (Å²) < 4.78 is 35.0. The summed E-state index contributed by atoms with van der Waals surface area (Å²) in [5.41, 5.74) is 0.534. The first-order valence-corrected chi connectivity index (χ1v) is 9.21. The average Bonchev–Trinajstić information content (AvgIpc) is 2.54. The van der Waals surface area contributed by atoms with Gasteiger partial charge in [0.2, 0.25) is 10.0 Å². The molecule has 1 amide bonds. The molecule has 1 fully saturated rings. The molecule has 0 N–H and O–H groups in total. The van der Waals surface area contributed by atoms with Crippen molar-refractivity contribution in [2.75, 3.05) is 43.9 Å². The number of nitrogens with zero attached hydrogens (tertiary/aromatic N) is 2. The van der Waals surface area contributed by atoms with E-state index < -0.39 is 16.1 Å². The average molecular weight is 342 g/mol. The van der Waals surface area contributed by atoms with E-state index in [-0.39, 0.29) is 5.91 Å². The highest BCUT2D eigenvalue weighted by molar-refractivity contribution is 7.92. The second-order valence-corrected chi connectivity index (χ2v) is 7.44. The van der Waals surface area contributed by atoms with Crippen molar-refractivity contribution in [3.8, 4) is 5.75 Å². The van der Waals surface area contributed by atoms with E-state index in [1.807, 2.05) is 0 Å². The number of anilines is 1. The quantitative estimate of drug-likeness (QED) is 0.788. The van der Waals surface area contributed by atoms with Crippen LogP contribution in [0.25, 0.3) is 0 Å². The maximum absolute atomic E-state index is 12.3. The van der Waals surface area contributed by atoms with Crippen molar-refractivity contribution >= 4 is 21.6 Å². The summed E-state index contributed by atoms with van der Waals surface area (Å²) in [5, 5.41) is 0. The molecule has 23 heavy (non-hydrogen) atoms. The maximum atomic E-state index is 12.3. The van der Waals surface area contributed by atoms with Gasteiger partial charge in [0.1, 0.15) is 5.75 Å². The van der Waals surface area contributed by atoms with E-state index in [0.717, 1.165) is 6.26 Å². The van der Waals surface area contributed by atoms with Gasteiger partial charge in [-0.3, -0.25) is 9.10 Å². The molecule has 2 rings (SSSR count). The molecular weight excluding hydrogens is 320 g/mol. The Kier molecular flexibility index (Phi) is 5.48. The Morgan fingerprint density at radius 3 is 2.35 bits per heavy atom. The van der Waals surface area contributed by atoms with Crippen molar-refractivity contribution in [1.29, 1.82) is 0 Å². The monoisotopic (exact) mass is 342 g/mol. The molecule has 8 heteroatoms. The molecule has 0 bridgehead atoms. The van der Waals surface area contributed by atoms with Gasteiger partial charge >= 0.3 is 0 Å². The number of carbonyl (C=O) groups excluding carboxylic acids is 1. The Balaban J connectivity index is 1.98. The molecule has 0 aliphatic carbocycles. The van der Waals surface area contributed by atoms with E-state index in [9.17, 15) is 13.2 Å². The molecule has 1 saturated heterocycles. The number of morpholine rings is 1. The van der Waals surface area contributed by atoms with Gasteiger partial charge in [0.05, 0.1) is 25.2 Å². The Morgan fingerprint density at radius 1 is 1.26 bits per heavy atom. The van der Waals surface area contributed by atoms with Crippen molar-refractivity contribution < 1.29 is 22.7 Å². The van der Waals surface area contributed by atoms with Crippen molar-refractivity contribution in [3.05, 3.63) is 24.3 Å². The molecule has 128 valence electrons. The van der Waals surface area contributed by atoms with Gasteiger partial charge in [-0.2, -0.15) is 0 Å². The minimum Gasteiger partial charge on any atom is -0.481 e. The van der Waals surface area contributed by atoms with Crippen molar-refractivity contribution in [3.63, 3.8) is 0 Å². The number of amides is 1. The molecule has 0 saturated carbocycles. The summed E-state index contributed by atoms with van der Waals surface area (Å²) >= 11 is 0. The highest BCUT2D eigenvalue weighted by atomic mass is 32.2. The summed E-state index contributed by atoms with van der Waals surface area (Å²) in [4.78, 5) is 14.0. The smallest absolute Gasteiger partial charge is 0.263 e. The van der Waals surface area contributed by atoms with Crippen molar-refractivity contribution in [2.24, 2.45) is 0 Å². The van der Waals surface area contributed by atoms with Gasteiger partial charge in [0.15, 0.2) is 6.10 Å². The lowest BCUT2D eigenvalue weighted by Gasteiger charge is -2.29. The second-order valence-electron chi connectivity index (χ2n) is 5.42. The number of ether oxygens (including phenoxy) is 2. The largest absolute Gasteiger partial charge is 0.481 e. The third-order valence-corrected chi connectivity index (χ3v) is 4.89. The molecule has 1 aromatic carbocycles. The first kappa shape index (κ1) is 17.6. The number of hydrogen-bond acceptors (Lipinski definition) is 5. The third-order valence-electron chi connectivity index (χ3n) is 3.68. The zero-order valence-corrected chi connectivity index (χ0v) is 14.4. The molecule has 1 unspecified atom stereocenters. The van der Waals surface area contributed by atoms with Crippen molar-refractivity contribution in [2.45, 2.75) is 13.0 Å². The summed E-state index contributed by atoms with van der Waals surface area (Å²) in [6.07, 6.45) is 0.534. The lowest BCUT2D eigenvalue weighted by Crippen LogP contribution is -2.46. The van der Waals surface area contributed by atoms with Crippen LogP contribution in [-0.4, -0.2) is 64.9 Å². The normalized spacial score (nSPS) is 16.7. The number of benzene rings is 1. The number of carbonyl (C=O) groups is 1. The highest BCUT2D eigenvalue weighted by Crippen LogP contribution is 2.21. The Labute approximate surface area is 136 Å². The zero-order valence-electron chi connectivity index (χ0n) is 13.6. The van der Waals surface area contributed by atoms with Gasteiger partial charge < -0.3 is 14.4 Å². The molecule has 1 atom stereocenters. The number of hydrogen-bond donors (Lipinski definition) is 0. The maximum Gasteiger partial charge on any atom is 0.263 e. The lowest BCUT2D eigenvalue weighted by molar-refractivity contribution is -0.142. The fourth-order valence-corrected chi connectivity index (χ4v) is 2.73. The molecule has 0 aromatic heterocycles. The van der Waals surface area contributed by atoms with E-state index in [2.05, 4.69) is 0 Å². The molecule has 0 radical (unpaired) electrons. The fraction of sp³-hybridized carbons (Fsp3) is 0.533. The molecule has 7 nitrogen and oxygen atoms in total. The van der Waals surface area contributed by atoms with Gasteiger partial charge in [-0.25, -0.2) is 8.42 Å². The minimum absolute atomic E-state index is 0.0781. The summed E-state index contributed by atoms with van der Waals surface area (Å²) in [7, 11) is -1.82. The predicted octanol–water partition coefficient (Wildman–Crippen LogP) is 0.708. The Hall–Kier alpha value is -1.80. The second kappa shape index (κ2) is 7.18. The molecule has 1 aliphatic rings. The van der Waals surface area contributed by atoms with E-state index >= 15 is 0 Å². The van der Waals surface area contributed by atoms with Crippen LogP contribution in [0.4, 0.5) is 5.69 Å². The van der Waals surface area contributed by atoms with Crippen molar-refractivity contribution in [1.82, 2.24) is 4.90 Å². The molecule has 0 spiro atoms. The standard InChI is InChI=1S/C15H22N2O5S/c1-12(15(18)17-8-10-21-11-9-17)22-14-6-4-13(5-7-14)16(2)23(3,19)20/h4-7,12H,8-11H2,1-3H3. The number of sulfonamides is 1. The molecule has 1 aliphatic heterocycles. The highest BCUT2D eigenvalue weighted by Gasteiger charge is 2.23. The first-order valence-electron chi connectivity index (χ1n) is 7.36. The number of rotatable bonds is 5. The minimum atomic E-state index is -3.30. The molecule has 1 heterocycles. The summed E-state index contributed by atoms with van der Waals surface area (Å²) in [6, 6.07) is 6.59. The van der Waals surface area contributed by atoms with Crippen LogP contribution < -0.4 is 9.04 Å². The summed E-state index contributed by atoms with van der Waals surface area (Å²) in [5.74, 6) is 0.440. The van der Waals surface area contributed by atoms with Gasteiger partial charge in [-0.15, -0.1) is 0 Å². The van der Waals surface area contributed by atoms with Crippen LogP contribution in [0.3, 0.4) is 0 Å². The topological polar surface area (TPSA) is 76.2 Å². The lowest BCUT2D eigenvalue weighted by atomic mass is 10.2. The van der Waals surface area contributed by atoms with Gasteiger partial charge in [-0.05, 0) is 31.2 Å². The zero-order chi connectivity index (χ0) is 17.0. The first-order chi connectivity index (χ1) is 10.8.